The van der Waals surface area contributed by atoms with E-state index in [1.54, 1.807) is 16.4 Å². The first-order valence-corrected chi connectivity index (χ1v) is 15.0. The second-order valence-electron chi connectivity index (χ2n) is 8.93. The number of sulfonamides is 1. The van der Waals surface area contributed by atoms with E-state index in [1.807, 2.05) is 26.0 Å². The summed E-state index contributed by atoms with van der Waals surface area (Å²) in [7, 11) is -5.47. The Morgan fingerprint density at radius 1 is 1.03 bits per heavy atom. The third-order valence-electron chi connectivity index (χ3n) is 6.28. The molecular formula is C25H33NO2SSi. The van der Waals surface area contributed by atoms with Crippen molar-refractivity contribution < 1.29 is 8.42 Å². The van der Waals surface area contributed by atoms with Crippen molar-refractivity contribution in [3.63, 3.8) is 0 Å². The molecule has 1 heterocycles. The van der Waals surface area contributed by atoms with Gasteiger partial charge in [-0.2, -0.15) is 4.31 Å². The maximum atomic E-state index is 13.4. The zero-order chi connectivity index (χ0) is 22.1. The average Bonchev–Trinajstić information content (AvgIpc) is 3.13. The molecule has 5 heteroatoms. The lowest BCUT2D eigenvalue weighted by molar-refractivity contribution is 0.469. The van der Waals surface area contributed by atoms with Crippen molar-refractivity contribution in [3.8, 4) is 0 Å². The van der Waals surface area contributed by atoms with Crippen LogP contribution in [0.3, 0.4) is 0 Å². The van der Waals surface area contributed by atoms with E-state index in [4.69, 9.17) is 0 Å². The van der Waals surface area contributed by atoms with Gasteiger partial charge in [-0.1, -0.05) is 88.7 Å². The molecule has 0 aliphatic carbocycles. The minimum absolute atomic E-state index is 0.141. The highest BCUT2D eigenvalue weighted by Crippen LogP contribution is 2.38. The first-order valence-electron chi connectivity index (χ1n) is 10.5. The number of aryl methyl sites for hydroxylation is 1. The van der Waals surface area contributed by atoms with Crippen LogP contribution in [-0.4, -0.2) is 33.9 Å². The molecule has 0 aromatic heterocycles. The normalized spacial score (nSPS) is 19.3. The van der Waals surface area contributed by atoms with E-state index in [0.29, 0.717) is 18.0 Å². The second kappa shape index (κ2) is 8.65. The molecule has 1 aliphatic heterocycles. The van der Waals surface area contributed by atoms with E-state index in [0.717, 1.165) is 5.56 Å². The number of hydrogen-bond donors (Lipinski definition) is 0. The molecule has 1 aliphatic rings. The summed E-state index contributed by atoms with van der Waals surface area (Å²) in [5, 5.41) is 2.83. The van der Waals surface area contributed by atoms with Gasteiger partial charge in [0.25, 0.3) is 0 Å². The highest BCUT2D eigenvalue weighted by Gasteiger charge is 2.42. The van der Waals surface area contributed by atoms with E-state index in [1.165, 1.54) is 21.5 Å². The molecule has 0 spiro atoms. The number of allylic oxidation sites excluding steroid dienone is 2. The van der Waals surface area contributed by atoms with Crippen LogP contribution in [0.15, 0.2) is 81.9 Å². The molecule has 1 atom stereocenters. The molecule has 3 nitrogen and oxygen atoms in total. The number of nitrogens with zero attached hydrogens (tertiary/aromatic N) is 1. The van der Waals surface area contributed by atoms with Crippen molar-refractivity contribution in [2.24, 2.45) is 5.92 Å². The summed E-state index contributed by atoms with van der Waals surface area (Å²) >= 11 is 0. The van der Waals surface area contributed by atoms with Crippen molar-refractivity contribution in [2.75, 3.05) is 13.1 Å². The van der Waals surface area contributed by atoms with Gasteiger partial charge < -0.3 is 0 Å². The van der Waals surface area contributed by atoms with E-state index < -0.39 is 18.1 Å². The van der Waals surface area contributed by atoms with E-state index >= 15 is 0 Å². The van der Waals surface area contributed by atoms with E-state index in [9.17, 15) is 8.42 Å². The van der Waals surface area contributed by atoms with Gasteiger partial charge in [0.2, 0.25) is 10.0 Å². The van der Waals surface area contributed by atoms with Gasteiger partial charge in [-0.15, -0.1) is 0 Å². The third kappa shape index (κ3) is 4.24. The van der Waals surface area contributed by atoms with Gasteiger partial charge in [-0.05, 0) is 39.8 Å². The molecule has 2 aromatic rings. The van der Waals surface area contributed by atoms with Crippen molar-refractivity contribution >= 4 is 23.3 Å². The summed E-state index contributed by atoms with van der Waals surface area (Å²) in [6.45, 7) is 14.1. The molecular weight excluding hydrogens is 406 g/mol. The number of hydrogen-bond acceptors (Lipinski definition) is 2. The Hall–Kier alpha value is -1.95. The average molecular weight is 440 g/mol. The zero-order valence-electron chi connectivity index (χ0n) is 18.9. The standard InChI is InChI=1S/C25H33NO2SSi/c1-7-21-17-26(29(27,28)22-15-13-20(4)14-16-22)18-24(21)25(19(2)3)30(5,6)23-11-9-8-10-12-23/h7-16,24H,17-18H2,1-6H3/b21-7+. The summed E-state index contributed by atoms with van der Waals surface area (Å²) in [4.78, 5) is 0.377. The molecule has 160 valence electrons. The largest absolute Gasteiger partial charge is 0.243 e. The fraction of sp³-hybridized carbons (Fsp3) is 0.360. The Bertz CT molecular complexity index is 1060. The lowest BCUT2D eigenvalue weighted by Crippen LogP contribution is -2.47. The first kappa shape index (κ1) is 22.7. The summed E-state index contributed by atoms with van der Waals surface area (Å²) in [6.07, 6.45) is 2.12. The van der Waals surface area contributed by atoms with Crippen LogP contribution in [0, 0.1) is 12.8 Å². The molecule has 2 aromatic carbocycles. The lowest BCUT2D eigenvalue weighted by Gasteiger charge is -2.33. The minimum Gasteiger partial charge on any atom is -0.207 e. The van der Waals surface area contributed by atoms with Crippen LogP contribution in [0.1, 0.15) is 26.3 Å². The number of rotatable bonds is 5. The van der Waals surface area contributed by atoms with Crippen LogP contribution in [0.25, 0.3) is 0 Å². The highest BCUT2D eigenvalue weighted by atomic mass is 32.2. The van der Waals surface area contributed by atoms with Crippen LogP contribution in [-0.2, 0) is 10.0 Å². The quantitative estimate of drug-likeness (QED) is 0.483. The first-order chi connectivity index (χ1) is 14.1. The summed E-state index contributed by atoms with van der Waals surface area (Å²) in [6, 6.07) is 17.9. The zero-order valence-corrected chi connectivity index (χ0v) is 20.8. The topological polar surface area (TPSA) is 37.4 Å². The van der Waals surface area contributed by atoms with Crippen LogP contribution < -0.4 is 5.19 Å². The van der Waals surface area contributed by atoms with Crippen molar-refractivity contribution in [1.29, 1.82) is 0 Å². The van der Waals surface area contributed by atoms with Crippen LogP contribution >= 0.6 is 0 Å². The Morgan fingerprint density at radius 2 is 1.63 bits per heavy atom. The van der Waals surface area contributed by atoms with Gasteiger partial charge in [0, 0.05) is 19.0 Å². The molecule has 1 saturated heterocycles. The monoisotopic (exact) mass is 439 g/mol. The maximum absolute atomic E-state index is 13.4. The van der Waals surface area contributed by atoms with Crippen LogP contribution in [0.4, 0.5) is 0 Å². The Kier molecular flexibility index (Phi) is 6.56. The molecule has 0 saturated carbocycles. The van der Waals surface area contributed by atoms with E-state index in [-0.39, 0.29) is 5.92 Å². The van der Waals surface area contributed by atoms with Gasteiger partial charge in [-0.3, -0.25) is 0 Å². The maximum Gasteiger partial charge on any atom is 0.243 e. The highest BCUT2D eigenvalue weighted by molar-refractivity contribution is 7.89. The summed E-state index contributed by atoms with van der Waals surface area (Å²) < 4.78 is 28.4. The minimum atomic E-state index is -3.52. The fourth-order valence-corrected chi connectivity index (χ4v) is 9.91. The smallest absolute Gasteiger partial charge is 0.207 e. The Labute approximate surface area is 183 Å². The van der Waals surface area contributed by atoms with Gasteiger partial charge in [0.1, 0.15) is 8.07 Å². The Balaban J connectivity index is 2.01. The van der Waals surface area contributed by atoms with E-state index in [2.05, 4.69) is 63.3 Å². The van der Waals surface area contributed by atoms with Gasteiger partial charge in [0.15, 0.2) is 0 Å². The Morgan fingerprint density at radius 3 is 2.17 bits per heavy atom. The molecule has 30 heavy (non-hydrogen) atoms. The van der Waals surface area contributed by atoms with Crippen LogP contribution in [0.2, 0.25) is 13.1 Å². The van der Waals surface area contributed by atoms with Crippen molar-refractivity contribution in [2.45, 2.75) is 45.7 Å². The molecule has 0 amide bonds. The number of benzene rings is 2. The van der Waals surface area contributed by atoms with Crippen molar-refractivity contribution in [1.82, 2.24) is 4.31 Å². The SMILES string of the molecule is C/C=C1\CN(S(=O)(=O)c2ccc(C)cc2)CC1C(=C(C)C)[Si](C)(C)c1ccccc1. The van der Waals surface area contributed by atoms with Gasteiger partial charge >= 0.3 is 0 Å². The predicted molar refractivity (Wildman–Crippen MR) is 129 cm³/mol. The van der Waals surface area contributed by atoms with Crippen molar-refractivity contribution in [3.05, 3.63) is 82.6 Å². The summed E-state index contributed by atoms with van der Waals surface area (Å²) in [5.41, 5.74) is 3.58. The molecule has 3 rings (SSSR count). The van der Waals surface area contributed by atoms with Gasteiger partial charge in [-0.25, -0.2) is 8.42 Å². The molecule has 1 fully saturated rings. The van der Waals surface area contributed by atoms with Gasteiger partial charge in [0.05, 0.1) is 4.90 Å². The molecule has 0 radical (unpaired) electrons. The predicted octanol–water partition coefficient (Wildman–Crippen LogP) is 5.05. The molecule has 1 unspecified atom stereocenters. The third-order valence-corrected chi connectivity index (χ3v) is 12.1. The fourth-order valence-electron chi connectivity index (χ4n) is 4.73. The van der Waals surface area contributed by atoms with Crippen LogP contribution in [0.5, 0.6) is 0 Å². The molecule has 0 N–H and O–H groups in total. The summed E-state index contributed by atoms with van der Waals surface area (Å²) in [5.74, 6) is 0.141. The molecule has 0 bridgehead atoms. The lowest BCUT2D eigenvalue weighted by atomic mass is 9.99. The second-order valence-corrected chi connectivity index (χ2v) is 15.2.